The van der Waals surface area contributed by atoms with Crippen molar-refractivity contribution in [3.8, 4) is 11.3 Å². The summed E-state index contributed by atoms with van der Waals surface area (Å²) in [4.78, 5) is 72.6. The molecule has 0 bridgehead atoms. The maximum absolute atomic E-state index is 13.1. The summed E-state index contributed by atoms with van der Waals surface area (Å²) < 4.78 is 25.5. The summed E-state index contributed by atoms with van der Waals surface area (Å²) in [7, 11) is -3.30. The van der Waals surface area contributed by atoms with Crippen molar-refractivity contribution >= 4 is 68.2 Å². The molecule has 58 heavy (non-hydrogen) atoms. The number of fused-ring (bicyclic) bond motifs is 2. The molecule has 18 heteroatoms. The fourth-order valence-corrected chi connectivity index (χ4v) is 7.94. The number of nitrogens with zero attached hydrogens (tertiary/aromatic N) is 6. The minimum atomic E-state index is -3.30. The van der Waals surface area contributed by atoms with Gasteiger partial charge in [0, 0.05) is 74.6 Å². The lowest BCUT2D eigenvalue weighted by atomic mass is 10.0. The second kappa shape index (κ2) is 15.6. The van der Waals surface area contributed by atoms with Gasteiger partial charge in [0.15, 0.2) is 15.5 Å². The molecule has 0 aliphatic carbocycles. The van der Waals surface area contributed by atoms with Crippen LogP contribution in [0.2, 0.25) is 0 Å². The molecule has 2 aromatic heterocycles. The normalized spacial score (nSPS) is 17.1. The Morgan fingerprint density at radius 2 is 1.57 bits per heavy atom. The van der Waals surface area contributed by atoms with Crippen LogP contribution < -0.4 is 26.2 Å². The molecule has 3 aromatic carbocycles. The average Bonchev–Trinajstić information content (AvgIpc) is 3.74. The first-order valence-corrected chi connectivity index (χ1v) is 20.7. The molecule has 2 fully saturated rings. The van der Waals surface area contributed by atoms with Crippen LogP contribution in [-0.4, -0.2) is 114 Å². The van der Waals surface area contributed by atoms with Crippen LogP contribution in [0.4, 0.5) is 27.8 Å². The maximum atomic E-state index is 13.1. The Bertz CT molecular complexity index is 2550. The number of amides is 6. The van der Waals surface area contributed by atoms with Gasteiger partial charge < -0.3 is 25.8 Å². The van der Waals surface area contributed by atoms with Crippen LogP contribution in [0, 0.1) is 0 Å². The van der Waals surface area contributed by atoms with Crippen molar-refractivity contribution in [1.82, 2.24) is 35.0 Å². The molecule has 0 spiro atoms. The van der Waals surface area contributed by atoms with Gasteiger partial charge in [0.05, 0.1) is 21.7 Å². The van der Waals surface area contributed by atoms with E-state index in [2.05, 4.69) is 36.2 Å². The molecular formula is C40H40N10O7S. The number of urea groups is 1. The van der Waals surface area contributed by atoms with Crippen molar-refractivity contribution in [2.75, 3.05) is 61.1 Å². The first-order chi connectivity index (χ1) is 27.9. The van der Waals surface area contributed by atoms with Gasteiger partial charge in [-0.15, -0.1) is 5.10 Å². The molecule has 0 radical (unpaired) electrons. The van der Waals surface area contributed by atoms with Crippen LogP contribution >= 0.6 is 0 Å². The molecule has 5 heterocycles. The molecule has 3 aliphatic heterocycles. The van der Waals surface area contributed by atoms with Crippen molar-refractivity contribution in [2.24, 2.45) is 0 Å². The number of piperidine rings is 1. The van der Waals surface area contributed by atoms with Gasteiger partial charge in [0.25, 0.3) is 11.8 Å². The Balaban J connectivity index is 0.776. The highest BCUT2D eigenvalue weighted by atomic mass is 32.2. The number of nitrogens with one attached hydrogen (secondary N) is 4. The van der Waals surface area contributed by atoms with Crippen molar-refractivity contribution in [1.29, 1.82) is 0 Å². The van der Waals surface area contributed by atoms with E-state index in [9.17, 15) is 32.4 Å². The summed E-state index contributed by atoms with van der Waals surface area (Å²) >= 11 is 0. The number of imide groups is 2. The molecule has 8 rings (SSSR count). The standard InChI is InChI=1S/C40H40N10O7S/c1-58(56,57)29-13-6-25(7-14-29)32-4-2-5-34-44-39(46-50(32)34)43-26-8-11-28(12-9-26)47-20-22-48(23-21-47)40(55)42-19-3-18-41-27-10-15-30-31(24-27)38(54)49(37(30)53)33-16-17-35(51)45-36(33)52/h2,4-15,24,33,41H,3,16-23H2,1H3,(H,42,55)(H,43,46)(H,45,51,52). The van der Waals surface area contributed by atoms with Crippen LogP contribution in [-0.2, 0) is 19.4 Å². The van der Waals surface area contributed by atoms with Crippen LogP contribution in [0.15, 0.2) is 89.8 Å². The number of anilines is 4. The number of sulfone groups is 1. The van der Waals surface area contributed by atoms with E-state index < -0.39 is 39.5 Å². The zero-order chi connectivity index (χ0) is 40.6. The van der Waals surface area contributed by atoms with Gasteiger partial charge in [0.1, 0.15) is 6.04 Å². The van der Waals surface area contributed by atoms with E-state index in [1.165, 1.54) is 6.26 Å². The summed E-state index contributed by atoms with van der Waals surface area (Å²) in [6.45, 7) is 3.41. The van der Waals surface area contributed by atoms with Gasteiger partial charge in [-0.3, -0.25) is 29.4 Å². The van der Waals surface area contributed by atoms with Crippen LogP contribution in [0.3, 0.4) is 0 Å². The highest BCUT2D eigenvalue weighted by Gasteiger charge is 2.44. The summed E-state index contributed by atoms with van der Waals surface area (Å²) in [5.41, 5.74) is 5.11. The maximum Gasteiger partial charge on any atom is 0.317 e. The van der Waals surface area contributed by atoms with E-state index in [1.54, 1.807) is 51.9 Å². The third kappa shape index (κ3) is 7.77. The summed E-state index contributed by atoms with van der Waals surface area (Å²) in [5.74, 6) is -1.77. The number of carbonyl (C=O) groups is 5. The van der Waals surface area contributed by atoms with E-state index >= 15 is 0 Å². The topological polar surface area (TPSA) is 208 Å². The Hall–Kier alpha value is -6.82. The Morgan fingerprint density at radius 1 is 0.845 bits per heavy atom. The van der Waals surface area contributed by atoms with E-state index in [-0.39, 0.29) is 34.9 Å². The van der Waals surface area contributed by atoms with Crippen LogP contribution in [0.5, 0.6) is 0 Å². The summed E-state index contributed by atoms with van der Waals surface area (Å²) in [6.07, 6.45) is 1.95. The second-order valence-electron chi connectivity index (χ2n) is 14.3. The molecule has 298 valence electrons. The van der Waals surface area contributed by atoms with Crippen molar-refractivity contribution in [2.45, 2.75) is 30.2 Å². The highest BCUT2D eigenvalue weighted by Crippen LogP contribution is 2.30. The van der Waals surface area contributed by atoms with Crippen molar-refractivity contribution in [3.63, 3.8) is 0 Å². The van der Waals surface area contributed by atoms with Crippen LogP contribution in [0.1, 0.15) is 40.0 Å². The molecule has 1 atom stereocenters. The molecule has 17 nitrogen and oxygen atoms in total. The van der Waals surface area contributed by atoms with E-state index in [1.807, 2.05) is 42.5 Å². The highest BCUT2D eigenvalue weighted by molar-refractivity contribution is 7.90. The molecule has 6 amide bonds. The lowest BCUT2D eigenvalue weighted by Crippen LogP contribution is -2.54. The Labute approximate surface area is 333 Å². The second-order valence-corrected chi connectivity index (χ2v) is 16.3. The fraction of sp³-hybridized carbons (Fsp3) is 0.275. The number of rotatable bonds is 11. The van der Waals surface area contributed by atoms with Gasteiger partial charge in [0.2, 0.25) is 17.8 Å². The van der Waals surface area contributed by atoms with Gasteiger partial charge in [-0.1, -0.05) is 18.2 Å². The smallest absolute Gasteiger partial charge is 0.317 e. The van der Waals surface area contributed by atoms with E-state index in [4.69, 9.17) is 0 Å². The number of aromatic nitrogens is 3. The van der Waals surface area contributed by atoms with Crippen LogP contribution in [0.25, 0.3) is 16.9 Å². The molecule has 1 unspecified atom stereocenters. The fourth-order valence-electron chi connectivity index (χ4n) is 7.31. The molecule has 4 N–H and O–H groups in total. The first kappa shape index (κ1) is 38.1. The molecule has 0 saturated carbocycles. The number of hydrogen-bond donors (Lipinski definition) is 4. The summed E-state index contributed by atoms with van der Waals surface area (Å²) in [5, 5.41) is 16.3. The van der Waals surface area contributed by atoms with E-state index in [0.29, 0.717) is 63.0 Å². The van der Waals surface area contributed by atoms with Gasteiger partial charge in [-0.25, -0.2) is 17.7 Å². The average molecular weight is 805 g/mol. The van der Waals surface area contributed by atoms with Gasteiger partial charge in [-0.05, 0) is 79.6 Å². The predicted molar refractivity (Wildman–Crippen MR) is 215 cm³/mol. The largest absolute Gasteiger partial charge is 0.385 e. The SMILES string of the molecule is CS(=O)(=O)c1ccc(-c2cccc3nc(Nc4ccc(N5CCN(C(=O)NCCCNc6ccc7c(c6)C(=O)N(C6CCC(=O)NC6=O)C7=O)CC5)cc4)nn23)cc1. The lowest BCUT2D eigenvalue weighted by molar-refractivity contribution is -0.136. The first-order valence-electron chi connectivity index (χ1n) is 18.8. The Morgan fingerprint density at radius 3 is 2.29 bits per heavy atom. The molecule has 5 aromatic rings. The minimum absolute atomic E-state index is 0.0583. The zero-order valence-corrected chi connectivity index (χ0v) is 32.3. The molecule has 2 saturated heterocycles. The van der Waals surface area contributed by atoms with E-state index in [0.717, 1.165) is 27.5 Å². The van der Waals surface area contributed by atoms with Gasteiger partial charge in [-0.2, -0.15) is 4.98 Å². The molecular weight excluding hydrogens is 765 g/mol. The minimum Gasteiger partial charge on any atom is -0.385 e. The van der Waals surface area contributed by atoms with Crippen molar-refractivity contribution < 1.29 is 32.4 Å². The quantitative estimate of drug-likeness (QED) is 0.112. The predicted octanol–water partition coefficient (Wildman–Crippen LogP) is 3.28. The zero-order valence-electron chi connectivity index (χ0n) is 31.5. The van der Waals surface area contributed by atoms with Gasteiger partial charge >= 0.3 is 6.03 Å². The number of pyridine rings is 1. The third-order valence-corrected chi connectivity index (χ3v) is 11.5. The molecule has 3 aliphatic rings. The Kier molecular flexibility index (Phi) is 10.2. The lowest BCUT2D eigenvalue weighted by Gasteiger charge is -2.36. The number of hydrogen-bond acceptors (Lipinski definition) is 12. The number of carbonyl (C=O) groups excluding carboxylic acids is 5. The number of benzene rings is 3. The van der Waals surface area contributed by atoms with Crippen molar-refractivity contribution in [3.05, 3.63) is 96.1 Å². The number of piperazine rings is 1. The third-order valence-electron chi connectivity index (χ3n) is 10.4. The summed E-state index contributed by atoms with van der Waals surface area (Å²) in [6, 6.07) is 23.9. The monoisotopic (exact) mass is 804 g/mol.